The number of nitrogens with zero attached hydrogens (tertiary/aromatic N) is 3. The first-order chi connectivity index (χ1) is 9.74. The summed E-state index contributed by atoms with van der Waals surface area (Å²) in [4.78, 5) is 6.86. The average Bonchev–Trinajstić information content (AvgIpc) is 3.19. The normalized spacial score (nSPS) is 35.0. The average molecular weight is 275 g/mol. The number of aliphatic hydroxyl groups is 1. The topological polar surface area (TPSA) is 41.3 Å². The van der Waals surface area contributed by atoms with Crippen molar-refractivity contribution in [2.75, 3.05) is 13.1 Å². The molecule has 2 unspecified atom stereocenters. The summed E-state index contributed by atoms with van der Waals surface area (Å²) >= 11 is 0. The van der Waals surface area contributed by atoms with Gasteiger partial charge in [-0.3, -0.25) is 4.90 Å². The van der Waals surface area contributed by atoms with E-state index in [0.29, 0.717) is 12.0 Å². The molecule has 2 heterocycles. The van der Waals surface area contributed by atoms with E-state index in [2.05, 4.69) is 14.5 Å². The molecule has 0 amide bonds. The Balaban J connectivity index is 1.44. The van der Waals surface area contributed by atoms with Gasteiger partial charge in [0.15, 0.2) is 0 Å². The third-order valence-corrected chi connectivity index (χ3v) is 5.58. The van der Waals surface area contributed by atoms with Crippen LogP contribution < -0.4 is 0 Å². The molecule has 0 bridgehead atoms. The maximum atomic E-state index is 10.7. The van der Waals surface area contributed by atoms with Gasteiger partial charge in [-0.1, -0.05) is 12.8 Å². The van der Waals surface area contributed by atoms with Gasteiger partial charge in [-0.05, 0) is 32.1 Å². The molecule has 0 aromatic carbocycles. The number of hydrogen-bond acceptors (Lipinski definition) is 3. The van der Waals surface area contributed by atoms with E-state index < -0.39 is 0 Å². The third-order valence-electron chi connectivity index (χ3n) is 5.58. The predicted molar refractivity (Wildman–Crippen MR) is 77.3 cm³/mol. The molecular weight excluding hydrogens is 250 g/mol. The van der Waals surface area contributed by atoms with E-state index in [9.17, 15) is 5.11 Å². The van der Waals surface area contributed by atoms with Crippen LogP contribution in [0.5, 0.6) is 0 Å². The lowest BCUT2D eigenvalue weighted by Gasteiger charge is -2.47. The van der Waals surface area contributed by atoms with Crippen LogP contribution in [0.2, 0.25) is 0 Å². The second-order valence-corrected chi connectivity index (χ2v) is 7.05. The summed E-state index contributed by atoms with van der Waals surface area (Å²) in [6, 6.07) is 0.712. The fourth-order valence-corrected chi connectivity index (χ4v) is 4.15. The minimum absolute atomic E-state index is 0.356. The third kappa shape index (κ3) is 2.29. The number of piperidine rings is 1. The van der Waals surface area contributed by atoms with Crippen LogP contribution in [0.1, 0.15) is 56.7 Å². The van der Waals surface area contributed by atoms with E-state index in [1.54, 1.807) is 0 Å². The van der Waals surface area contributed by atoms with Gasteiger partial charge in [0.25, 0.3) is 0 Å². The molecular formula is C16H25N3O. The quantitative estimate of drug-likeness (QED) is 0.920. The molecule has 0 radical (unpaired) electrons. The molecule has 3 fully saturated rings. The van der Waals surface area contributed by atoms with Crippen LogP contribution >= 0.6 is 0 Å². The summed E-state index contributed by atoms with van der Waals surface area (Å²) in [7, 11) is 0. The molecule has 1 N–H and O–H groups in total. The van der Waals surface area contributed by atoms with Crippen molar-refractivity contribution in [1.82, 2.24) is 14.5 Å². The Labute approximate surface area is 120 Å². The second kappa shape index (κ2) is 4.85. The summed E-state index contributed by atoms with van der Waals surface area (Å²) in [5.74, 6) is 0.488. The van der Waals surface area contributed by atoms with Crippen molar-refractivity contribution in [2.24, 2.45) is 5.92 Å². The first-order valence-electron chi connectivity index (χ1n) is 8.20. The molecule has 2 atom stereocenters. The zero-order valence-electron chi connectivity index (χ0n) is 12.2. The van der Waals surface area contributed by atoms with Gasteiger partial charge in [0, 0.05) is 37.8 Å². The Morgan fingerprint density at radius 2 is 2.15 bits per heavy atom. The number of hydrogen-bond donors (Lipinski definition) is 1. The summed E-state index contributed by atoms with van der Waals surface area (Å²) < 4.78 is 2.36. The van der Waals surface area contributed by atoms with Crippen LogP contribution in [-0.4, -0.2) is 38.2 Å². The molecule has 2 saturated carbocycles. The smallest absolute Gasteiger partial charge is 0.0951 e. The molecule has 4 nitrogen and oxygen atoms in total. The minimum Gasteiger partial charge on any atom is -0.390 e. The summed E-state index contributed by atoms with van der Waals surface area (Å²) in [5, 5.41) is 10.7. The van der Waals surface area contributed by atoms with Crippen LogP contribution in [0.25, 0.3) is 0 Å². The Morgan fingerprint density at radius 1 is 1.25 bits per heavy atom. The highest BCUT2D eigenvalue weighted by molar-refractivity contribution is 5.05. The van der Waals surface area contributed by atoms with Crippen molar-refractivity contribution in [2.45, 2.75) is 63.1 Å². The maximum absolute atomic E-state index is 10.7. The van der Waals surface area contributed by atoms with Crippen molar-refractivity contribution < 1.29 is 5.11 Å². The van der Waals surface area contributed by atoms with Gasteiger partial charge in [0.2, 0.25) is 0 Å². The zero-order chi connectivity index (χ0) is 13.6. The van der Waals surface area contributed by atoms with Gasteiger partial charge in [0.05, 0.1) is 17.6 Å². The Hall–Kier alpha value is -0.870. The molecule has 4 heteroatoms. The first kappa shape index (κ1) is 12.8. The summed E-state index contributed by atoms with van der Waals surface area (Å²) in [6.07, 6.45) is 12.3. The van der Waals surface area contributed by atoms with E-state index >= 15 is 0 Å². The lowest BCUT2D eigenvalue weighted by atomic mass is 9.71. The fraction of sp³-hybridized carbons (Fsp3) is 0.812. The summed E-state index contributed by atoms with van der Waals surface area (Å²) in [5.41, 5.74) is 1.000. The zero-order valence-corrected chi connectivity index (χ0v) is 12.2. The van der Waals surface area contributed by atoms with E-state index in [0.717, 1.165) is 32.5 Å². The minimum atomic E-state index is -0.356. The van der Waals surface area contributed by atoms with Crippen molar-refractivity contribution in [3.8, 4) is 0 Å². The van der Waals surface area contributed by atoms with Crippen molar-refractivity contribution in [1.29, 1.82) is 0 Å². The van der Waals surface area contributed by atoms with Gasteiger partial charge in [-0.2, -0.15) is 0 Å². The molecule has 1 aliphatic heterocycles. The van der Waals surface area contributed by atoms with E-state index in [1.807, 2.05) is 12.5 Å². The number of aromatic nitrogens is 2. The van der Waals surface area contributed by atoms with Gasteiger partial charge in [-0.25, -0.2) is 4.98 Å². The highest BCUT2D eigenvalue weighted by atomic mass is 16.3. The van der Waals surface area contributed by atoms with E-state index in [-0.39, 0.29) is 5.60 Å². The molecule has 1 aromatic heterocycles. The van der Waals surface area contributed by atoms with Crippen molar-refractivity contribution in [3.63, 3.8) is 0 Å². The lowest BCUT2D eigenvalue weighted by molar-refractivity contribution is -0.0970. The van der Waals surface area contributed by atoms with Crippen LogP contribution in [0.4, 0.5) is 0 Å². The van der Waals surface area contributed by atoms with Crippen molar-refractivity contribution in [3.05, 3.63) is 18.2 Å². The van der Waals surface area contributed by atoms with Crippen LogP contribution in [0.3, 0.4) is 0 Å². The highest BCUT2D eigenvalue weighted by Gasteiger charge is 2.42. The lowest BCUT2D eigenvalue weighted by Crippen LogP contribution is -2.53. The van der Waals surface area contributed by atoms with Crippen molar-refractivity contribution >= 4 is 0 Å². The number of imidazole rings is 1. The maximum Gasteiger partial charge on any atom is 0.0951 e. The van der Waals surface area contributed by atoms with Gasteiger partial charge in [-0.15, -0.1) is 0 Å². The molecule has 4 rings (SSSR count). The first-order valence-corrected chi connectivity index (χ1v) is 8.20. The highest BCUT2D eigenvalue weighted by Crippen LogP contribution is 2.40. The molecule has 3 aliphatic rings. The van der Waals surface area contributed by atoms with Gasteiger partial charge >= 0.3 is 0 Å². The standard InChI is InChI=1S/C16H25N3O/c20-16-6-2-1-3-13(16)10-18(8-7-16)11-15-9-17-12-19(15)14-4-5-14/h9,12-14,20H,1-8,10-11H2. The fourth-order valence-electron chi connectivity index (χ4n) is 4.15. The second-order valence-electron chi connectivity index (χ2n) is 7.05. The SMILES string of the molecule is OC12CCCCC1CN(Cc1cncn1C1CC1)CC2. The van der Waals surface area contributed by atoms with E-state index in [1.165, 1.54) is 37.8 Å². The number of likely N-dealkylation sites (tertiary alicyclic amines) is 1. The number of rotatable bonds is 3. The Morgan fingerprint density at radius 3 is 3.00 bits per heavy atom. The molecule has 1 aromatic rings. The Bertz CT molecular complexity index is 482. The largest absolute Gasteiger partial charge is 0.390 e. The predicted octanol–water partition coefficient (Wildman–Crippen LogP) is 2.35. The Kier molecular flexibility index (Phi) is 3.11. The van der Waals surface area contributed by atoms with Crippen LogP contribution in [0.15, 0.2) is 12.5 Å². The monoisotopic (exact) mass is 275 g/mol. The van der Waals surface area contributed by atoms with Gasteiger partial charge in [0.1, 0.15) is 0 Å². The van der Waals surface area contributed by atoms with Crippen LogP contribution in [0, 0.1) is 5.92 Å². The molecule has 110 valence electrons. The van der Waals surface area contributed by atoms with Gasteiger partial charge < -0.3 is 9.67 Å². The summed E-state index contributed by atoms with van der Waals surface area (Å²) in [6.45, 7) is 3.10. The van der Waals surface area contributed by atoms with Crippen LogP contribution in [-0.2, 0) is 6.54 Å². The molecule has 2 aliphatic carbocycles. The number of fused-ring (bicyclic) bond motifs is 1. The molecule has 1 saturated heterocycles. The van der Waals surface area contributed by atoms with E-state index in [4.69, 9.17) is 0 Å². The molecule has 20 heavy (non-hydrogen) atoms. The molecule has 0 spiro atoms.